The molecule has 330 valence electrons. The van der Waals surface area contributed by atoms with Gasteiger partial charge in [0.15, 0.2) is 17.3 Å². The number of aryl methyl sites for hydroxylation is 2. The molecule has 2 N–H and O–H groups in total. The van der Waals surface area contributed by atoms with E-state index in [9.17, 15) is 37.5 Å². The predicted octanol–water partition coefficient (Wildman–Crippen LogP) is 5.36. The number of carbonyl (C=O) groups is 2. The van der Waals surface area contributed by atoms with Gasteiger partial charge in [0.1, 0.15) is 11.4 Å². The number of rotatable bonds is 9. The van der Waals surface area contributed by atoms with Gasteiger partial charge >= 0.3 is 17.6 Å². The summed E-state index contributed by atoms with van der Waals surface area (Å²) in [4.78, 5) is 80.9. The Bertz CT molecular complexity index is 3150. The number of hydrogen-bond acceptors (Lipinski definition) is 11. The molecule has 21 heteroatoms. The maximum atomic E-state index is 15.3. The highest BCUT2D eigenvalue weighted by Gasteiger charge is 2.69. The molecular formula is C43H35Cl2F3N8O8. The molecule has 0 spiro atoms. The van der Waals surface area contributed by atoms with E-state index in [1.54, 1.807) is 61.7 Å². The normalized spacial score (nSPS) is 20.5. The number of imide groups is 1. The second-order valence-corrected chi connectivity index (χ2v) is 16.4. The fourth-order valence-electron chi connectivity index (χ4n) is 9.42. The zero-order chi connectivity index (χ0) is 45.6. The molecule has 1 aliphatic carbocycles. The summed E-state index contributed by atoms with van der Waals surface area (Å²) in [6, 6.07) is 15.1. The van der Waals surface area contributed by atoms with Gasteiger partial charge < -0.3 is 19.1 Å². The standard InChI is InChI=1S/C43H35Cl2F3N8O8/c1-52-32-19-34(64-3)33(63-2)18-30(32)50-29(38(52)59)13-14-53-40(61)54-15-12-26-31(56(54)41(53)62)17-27-37(58)55(51-36-28(45)16-23(20-49-36)43(46,47)48)39(60)42(27,22-6-8-24(44)9-7-22)35(26)21-4-10-25(57)11-5-21/h4-12,16,18-20,27,31,35,57H,13-15,17H2,1-3H3,(H,49,51). The van der Waals surface area contributed by atoms with E-state index >= 15 is 4.79 Å². The Morgan fingerprint density at radius 3 is 2.28 bits per heavy atom. The van der Waals surface area contributed by atoms with E-state index in [-0.39, 0.29) is 37.4 Å². The quantitative estimate of drug-likeness (QED) is 0.141. The number of allylic oxidation sites excluding steroid dienone is 2. The van der Waals surface area contributed by atoms with Crippen molar-refractivity contribution in [3.63, 3.8) is 0 Å². The zero-order valence-corrected chi connectivity index (χ0v) is 35.4. The number of methoxy groups -OCH3 is 2. The van der Waals surface area contributed by atoms with Crippen molar-refractivity contribution in [2.75, 3.05) is 19.6 Å². The summed E-state index contributed by atoms with van der Waals surface area (Å²) in [7, 11) is 4.48. The van der Waals surface area contributed by atoms with Gasteiger partial charge in [0.25, 0.3) is 17.4 Å². The Labute approximate surface area is 369 Å². The number of benzene rings is 3. The third kappa shape index (κ3) is 6.46. The van der Waals surface area contributed by atoms with Gasteiger partial charge in [0.05, 0.1) is 59.8 Å². The average molecular weight is 920 g/mol. The lowest BCUT2D eigenvalue weighted by molar-refractivity contribution is -0.139. The van der Waals surface area contributed by atoms with E-state index in [0.717, 1.165) is 4.57 Å². The summed E-state index contributed by atoms with van der Waals surface area (Å²) in [5, 5.41) is 10.8. The molecule has 4 atom stereocenters. The van der Waals surface area contributed by atoms with Crippen LogP contribution in [-0.4, -0.2) is 64.6 Å². The molecule has 3 aromatic carbocycles. The van der Waals surface area contributed by atoms with Gasteiger partial charge in [-0.05, 0) is 53.5 Å². The van der Waals surface area contributed by atoms with Gasteiger partial charge in [0, 0.05) is 49.3 Å². The summed E-state index contributed by atoms with van der Waals surface area (Å²) in [6.07, 6.45) is -2.87. The second kappa shape index (κ2) is 15.4. The lowest BCUT2D eigenvalue weighted by Gasteiger charge is -2.49. The number of halogens is 5. The van der Waals surface area contributed by atoms with Crippen molar-refractivity contribution in [1.82, 2.24) is 33.5 Å². The van der Waals surface area contributed by atoms with Crippen molar-refractivity contribution in [1.29, 1.82) is 0 Å². The number of amides is 2. The first-order valence-corrected chi connectivity index (χ1v) is 20.4. The van der Waals surface area contributed by atoms with E-state index < -0.39 is 74.6 Å². The van der Waals surface area contributed by atoms with Crippen LogP contribution in [0.15, 0.2) is 99.0 Å². The summed E-state index contributed by atoms with van der Waals surface area (Å²) in [5.74, 6) is -3.70. The van der Waals surface area contributed by atoms with Crippen LogP contribution in [0.2, 0.25) is 10.0 Å². The third-order valence-corrected chi connectivity index (χ3v) is 12.9. The van der Waals surface area contributed by atoms with Crippen molar-refractivity contribution in [2.45, 2.75) is 49.5 Å². The van der Waals surface area contributed by atoms with Gasteiger partial charge in [-0.25, -0.2) is 33.5 Å². The molecule has 4 unspecified atom stereocenters. The molecule has 2 aliphatic heterocycles. The molecule has 5 heterocycles. The molecule has 1 saturated heterocycles. The van der Waals surface area contributed by atoms with E-state index in [0.29, 0.717) is 61.5 Å². The highest BCUT2D eigenvalue weighted by Crippen LogP contribution is 2.62. The fraction of sp³-hybridized carbons (Fsp3) is 0.279. The number of carbonyl (C=O) groups excluding carboxylic acids is 2. The lowest BCUT2D eigenvalue weighted by Crippen LogP contribution is -2.53. The number of pyridine rings is 1. The van der Waals surface area contributed by atoms with Gasteiger partial charge in [0.2, 0.25) is 0 Å². The number of phenols is 1. The Hall–Kier alpha value is -6.86. The number of hydrazine groups is 1. The van der Waals surface area contributed by atoms with Gasteiger partial charge in [-0.3, -0.25) is 19.8 Å². The minimum atomic E-state index is -4.78. The first-order chi connectivity index (χ1) is 30.5. The van der Waals surface area contributed by atoms with Crippen LogP contribution in [0.3, 0.4) is 0 Å². The maximum absolute atomic E-state index is 15.3. The maximum Gasteiger partial charge on any atom is 0.417 e. The van der Waals surface area contributed by atoms with Crippen LogP contribution in [0.25, 0.3) is 11.0 Å². The smallest absolute Gasteiger partial charge is 0.417 e. The van der Waals surface area contributed by atoms with E-state index in [4.69, 9.17) is 32.7 Å². The summed E-state index contributed by atoms with van der Waals surface area (Å²) in [5.41, 5.74) is -0.0210. The molecular weight excluding hydrogens is 884 g/mol. The number of ether oxygens (including phenoxy) is 2. The summed E-state index contributed by atoms with van der Waals surface area (Å²) < 4.78 is 56.3. The molecule has 2 amide bonds. The molecule has 2 fully saturated rings. The molecule has 9 rings (SSSR count). The Balaban J connectivity index is 1.16. The molecule has 3 aliphatic rings. The van der Waals surface area contributed by atoms with Crippen LogP contribution in [0, 0.1) is 5.92 Å². The van der Waals surface area contributed by atoms with E-state index in [1.165, 1.54) is 40.3 Å². The number of nitrogens with one attached hydrogen (secondary N) is 1. The molecule has 64 heavy (non-hydrogen) atoms. The first kappa shape index (κ1) is 42.4. The molecule has 3 aromatic heterocycles. The van der Waals surface area contributed by atoms with Crippen LogP contribution in [-0.2, 0) is 47.7 Å². The molecule has 1 saturated carbocycles. The molecule has 16 nitrogen and oxygen atoms in total. The van der Waals surface area contributed by atoms with Gasteiger partial charge in [-0.15, -0.1) is 0 Å². The minimum absolute atomic E-state index is 0.0737. The molecule has 0 radical (unpaired) electrons. The number of fused-ring (bicyclic) bond motifs is 5. The van der Waals surface area contributed by atoms with Crippen LogP contribution in [0.4, 0.5) is 19.0 Å². The van der Waals surface area contributed by atoms with E-state index in [2.05, 4.69) is 15.4 Å². The number of anilines is 1. The van der Waals surface area contributed by atoms with Crippen molar-refractivity contribution >= 4 is 51.9 Å². The van der Waals surface area contributed by atoms with Crippen molar-refractivity contribution in [3.8, 4) is 17.2 Å². The Morgan fingerprint density at radius 1 is 0.938 bits per heavy atom. The minimum Gasteiger partial charge on any atom is -0.508 e. The Kier molecular flexibility index (Phi) is 10.2. The first-order valence-electron chi connectivity index (χ1n) is 19.7. The summed E-state index contributed by atoms with van der Waals surface area (Å²) >= 11 is 12.6. The number of hydrogen-bond donors (Lipinski definition) is 2. The number of aromatic hydroxyl groups is 1. The topological polar surface area (TPSA) is 185 Å². The van der Waals surface area contributed by atoms with Crippen LogP contribution >= 0.6 is 23.2 Å². The van der Waals surface area contributed by atoms with Crippen LogP contribution in [0.1, 0.15) is 40.8 Å². The second-order valence-electron chi connectivity index (χ2n) is 15.6. The zero-order valence-electron chi connectivity index (χ0n) is 33.9. The lowest BCUT2D eigenvalue weighted by atomic mass is 9.53. The van der Waals surface area contributed by atoms with E-state index in [1.807, 2.05) is 0 Å². The highest BCUT2D eigenvalue weighted by molar-refractivity contribution is 6.33. The number of nitrogens with zero attached hydrogens (tertiary/aromatic N) is 7. The van der Waals surface area contributed by atoms with Gasteiger partial charge in [-0.2, -0.15) is 18.2 Å². The number of alkyl halides is 3. The van der Waals surface area contributed by atoms with Crippen molar-refractivity contribution in [3.05, 3.63) is 148 Å². The van der Waals surface area contributed by atoms with Crippen molar-refractivity contribution in [2.24, 2.45) is 13.0 Å². The summed E-state index contributed by atoms with van der Waals surface area (Å²) in [6.45, 7) is -0.376. The SMILES string of the molecule is COc1cc2nc(CCn3c(=O)n4n(c3=O)C3CC5C(=O)N(Nc6ncc(C(F)(F)F)cc6Cl)C(=O)C5(c5ccc(Cl)cc5)C(c5ccc(O)cc5)C3=CC4)c(=O)n(C)c2cc1OC. The predicted molar refractivity (Wildman–Crippen MR) is 226 cm³/mol. The van der Waals surface area contributed by atoms with Gasteiger partial charge in [-0.1, -0.05) is 53.5 Å². The number of aromatic nitrogens is 6. The Morgan fingerprint density at radius 2 is 1.62 bits per heavy atom. The fourth-order valence-corrected chi connectivity index (χ4v) is 9.75. The molecule has 0 bridgehead atoms. The van der Waals surface area contributed by atoms with Crippen LogP contribution < -0.4 is 31.8 Å². The van der Waals surface area contributed by atoms with Crippen molar-refractivity contribution < 1.29 is 37.3 Å². The third-order valence-electron chi connectivity index (χ3n) is 12.3. The average Bonchev–Trinajstić information content (AvgIpc) is 3.64. The largest absolute Gasteiger partial charge is 0.508 e. The number of phenolic OH excluding ortho intramolecular Hbond substituents is 1. The van der Waals surface area contributed by atoms with Crippen LogP contribution in [0.5, 0.6) is 17.2 Å². The molecule has 6 aromatic rings. The monoisotopic (exact) mass is 918 g/mol. The highest BCUT2D eigenvalue weighted by atomic mass is 35.5.